The molecule has 0 fully saturated rings. The minimum atomic E-state index is 0.864. The molecule has 0 saturated heterocycles. The fourth-order valence-corrected chi connectivity index (χ4v) is 12.4. The van der Waals surface area contributed by atoms with Crippen LogP contribution in [0.1, 0.15) is 17.1 Å². The van der Waals surface area contributed by atoms with E-state index < -0.39 is 0 Å². The summed E-state index contributed by atoms with van der Waals surface area (Å²) < 4.78 is 10.2. The largest absolute Gasteiger partial charge is 0.306 e. The van der Waals surface area contributed by atoms with Gasteiger partial charge in [0.15, 0.2) is 0 Å². The van der Waals surface area contributed by atoms with Gasteiger partial charge in [0.05, 0.1) is 78.1 Å². The molecule has 0 N–H and O–H groups in total. The number of fused-ring (bicyclic) bond motifs is 12. The maximum absolute atomic E-state index is 5.67. The predicted molar refractivity (Wildman–Crippen MR) is 304 cm³/mol. The van der Waals surface area contributed by atoms with Gasteiger partial charge >= 0.3 is 0 Å². The Bertz CT molecular complexity index is 4320. The Kier molecular flexibility index (Phi) is 8.90. The first kappa shape index (κ1) is 41.3. The molecule has 73 heavy (non-hydrogen) atoms. The molecule has 344 valence electrons. The molecule has 6 aromatic heterocycles. The minimum absolute atomic E-state index is 0.864. The van der Waals surface area contributed by atoms with Gasteiger partial charge in [0, 0.05) is 71.3 Å². The zero-order valence-electron chi connectivity index (χ0n) is 40.5. The normalized spacial score (nSPS) is 12.0. The summed E-state index contributed by atoms with van der Waals surface area (Å²) in [5.74, 6) is 0. The number of aryl methyl sites for hydroxylation is 3. The van der Waals surface area contributed by atoms with Crippen LogP contribution in [0.25, 0.3) is 132 Å². The van der Waals surface area contributed by atoms with Crippen molar-refractivity contribution in [2.75, 3.05) is 0 Å². The number of rotatable bonds is 6. The standard InChI is InChI=1S/C67H46N6/c1-41-21-20-30-53(69-41)63-66(72-58-35-16-8-26-49(58)50-27-9-17-36-59(50)72)64(70-54-31-12-4-22-45(54)46-23-5-13-32-55(46)70)62(44-40-39-42(2)68-43(44)3)65(71-56-33-14-6-24-47(56)48-25-7-15-34-57(48)71)67(63)73-60-37-18-10-28-51(60)52-29-11-19-38-61(52)73/h4-40H,1-3H3. The van der Waals surface area contributed by atoms with E-state index in [4.69, 9.17) is 9.97 Å². The summed E-state index contributed by atoms with van der Waals surface area (Å²) in [6.07, 6.45) is 0. The van der Waals surface area contributed by atoms with E-state index in [1.807, 2.05) is 0 Å². The van der Waals surface area contributed by atoms with E-state index in [9.17, 15) is 0 Å². The van der Waals surface area contributed by atoms with Crippen LogP contribution in [0.3, 0.4) is 0 Å². The lowest BCUT2D eigenvalue weighted by Gasteiger charge is -2.31. The Morgan fingerprint density at radius 1 is 0.247 bits per heavy atom. The smallest absolute Gasteiger partial charge is 0.0827 e. The molecule has 0 amide bonds. The topological polar surface area (TPSA) is 45.5 Å². The van der Waals surface area contributed by atoms with Gasteiger partial charge in [0.1, 0.15) is 0 Å². The fourth-order valence-electron chi connectivity index (χ4n) is 12.4. The monoisotopic (exact) mass is 934 g/mol. The Labute approximate surface area is 420 Å². The Morgan fingerprint density at radius 2 is 0.521 bits per heavy atom. The fraction of sp³-hybridized carbons (Fsp3) is 0.0448. The van der Waals surface area contributed by atoms with Gasteiger partial charge in [-0.2, -0.15) is 0 Å². The highest BCUT2D eigenvalue weighted by Crippen LogP contribution is 2.54. The van der Waals surface area contributed by atoms with Crippen molar-refractivity contribution in [2.45, 2.75) is 20.8 Å². The highest BCUT2D eigenvalue weighted by atomic mass is 15.1. The summed E-state index contributed by atoms with van der Waals surface area (Å²) >= 11 is 0. The van der Waals surface area contributed by atoms with E-state index in [1.165, 1.54) is 43.1 Å². The molecule has 0 aliphatic rings. The maximum Gasteiger partial charge on any atom is 0.0827 e. The Balaban J connectivity index is 1.36. The van der Waals surface area contributed by atoms with Crippen LogP contribution in [0, 0.1) is 20.8 Å². The van der Waals surface area contributed by atoms with Crippen molar-refractivity contribution in [3.63, 3.8) is 0 Å². The quantitative estimate of drug-likeness (QED) is 0.167. The van der Waals surface area contributed by atoms with Gasteiger partial charge in [-0.05, 0) is 87.5 Å². The number of nitrogens with zero attached hydrogens (tertiary/aromatic N) is 6. The van der Waals surface area contributed by atoms with Crippen LogP contribution < -0.4 is 0 Å². The van der Waals surface area contributed by atoms with Crippen LogP contribution in [0.15, 0.2) is 224 Å². The van der Waals surface area contributed by atoms with E-state index in [-0.39, 0.29) is 0 Å². The van der Waals surface area contributed by atoms with E-state index in [0.29, 0.717) is 0 Å². The van der Waals surface area contributed by atoms with Gasteiger partial charge < -0.3 is 18.3 Å². The van der Waals surface area contributed by atoms with Crippen LogP contribution in [-0.4, -0.2) is 28.2 Å². The van der Waals surface area contributed by atoms with Crippen LogP contribution in [0.5, 0.6) is 0 Å². The zero-order valence-corrected chi connectivity index (χ0v) is 40.5. The molecular weight excluding hydrogens is 889 g/mol. The van der Waals surface area contributed by atoms with Crippen molar-refractivity contribution in [3.8, 4) is 45.1 Å². The van der Waals surface area contributed by atoms with Crippen molar-refractivity contribution < 1.29 is 0 Å². The molecule has 15 rings (SSSR count). The molecule has 6 nitrogen and oxygen atoms in total. The Morgan fingerprint density at radius 3 is 0.808 bits per heavy atom. The molecule has 9 aromatic carbocycles. The first-order valence-electron chi connectivity index (χ1n) is 25.1. The lowest BCUT2D eigenvalue weighted by atomic mass is 9.90. The van der Waals surface area contributed by atoms with E-state index in [0.717, 1.165) is 106 Å². The van der Waals surface area contributed by atoms with Crippen molar-refractivity contribution in [1.82, 2.24) is 28.2 Å². The van der Waals surface area contributed by atoms with Crippen molar-refractivity contribution in [2.24, 2.45) is 0 Å². The lowest BCUT2D eigenvalue weighted by molar-refractivity contribution is 1.04. The van der Waals surface area contributed by atoms with E-state index in [2.05, 4.69) is 263 Å². The predicted octanol–water partition coefficient (Wildman–Crippen LogP) is 17.1. The second kappa shape index (κ2) is 15.7. The molecule has 0 atom stereocenters. The molecule has 0 aliphatic heterocycles. The van der Waals surface area contributed by atoms with Crippen LogP contribution >= 0.6 is 0 Å². The number of pyridine rings is 2. The summed E-state index contributed by atoms with van der Waals surface area (Å²) in [5, 5.41) is 9.41. The van der Waals surface area contributed by atoms with E-state index in [1.54, 1.807) is 0 Å². The minimum Gasteiger partial charge on any atom is -0.306 e. The maximum atomic E-state index is 5.67. The molecule has 0 bridgehead atoms. The molecular formula is C67H46N6. The molecule has 6 heteroatoms. The third-order valence-corrected chi connectivity index (χ3v) is 15.2. The first-order valence-corrected chi connectivity index (χ1v) is 25.1. The molecule has 0 unspecified atom stereocenters. The summed E-state index contributed by atoms with van der Waals surface area (Å²) in [4.78, 5) is 11.0. The second-order valence-electron chi connectivity index (χ2n) is 19.4. The van der Waals surface area contributed by atoms with Crippen molar-refractivity contribution in [3.05, 3.63) is 242 Å². The molecule has 6 heterocycles. The number of benzene rings is 9. The van der Waals surface area contributed by atoms with Crippen LogP contribution in [-0.2, 0) is 0 Å². The number of hydrogen-bond acceptors (Lipinski definition) is 2. The molecule has 15 aromatic rings. The molecule has 0 aliphatic carbocycles. The number of hydrogen-bond donors (Lipinski definition) is 0. The van der Waals surface area contributed by atoms with Crippen molar-refractivity contribution in [1.29, 1.82) is 0 Å². The third-order valence-electron chi connectivity index (χ3n) is 15.2. The molecule has 0 saturated carbocycles. The van der Waals surface area contributed by atoms with Crippen LogP contribution in [0.4, 0.5) is 0 Å². The summed E-state index contributed by atoms with van der Waals surface area (Å²) in [5.41, 5.74) is 19.7. The van der Waals surface area contributed by atoms with Crippen molar-refractivity contribution >= 4 is 87.2 Å². The number of para-hydroxylation sites is 8. The van der Waals surface area contributed by atoms with Crippen LogP contribution in [0.2, 0.25) is 0 Å². The molecule has 0 radical (unpaired) electrons. The first-order chi connectivity index (χ1) is 36.0. The number of aromatic nitrogens is 6. The van der Waals surface area contributed by atoms with Gasteiger partial charge in [-0.15, -0.1) is 0 Å². The average Bonchev–Trinajstić information content (AvgIpc) is 4.16. The average molecular weight is 935 g/mol. The van der Waals surface area contributed by atoms with E-state index >= 15 is 0 Å². The van der Waals surface area contributed by atoms with Gasteiger partial charge in [-0.3, -0.25) is 9.97 Å². The SMILES string of the molecule is Cc1cccc(-c2c(-n3c4ccccc4c4ccccc43)c(-n3c4ccccc4c4ccccc43)c(-c3ccc(C)nc3C)c(-n3c4ccccc4c4ccccc43)c2-n2c3ccccc3c3ccccc32)n1. The van der Waals surface area contributed by atoms with Gasteiger partial charge in [0.25, 0.3) is 0 Å². The lowest BCUT2D eigenvalue weighted by Crippen LogP contribution is -2.16. The summed E-state index contributed by atoms with van der Waals surface area (Å²) in [6.45, 7) is 6.39. The summed E-state index contributed by atoms with van der Waals surface area (Å²) in [7, 11) is 0. The van der Waals surface area contributed by atoms with Gasteiger partial charge in [-0.25, -0.2) is 0 Å². The Hall–Kier alpha value is -9.52. The van der Waals surface area contributed by atoms with Gasteiger partial charge in [-0.1, -0.05) is 158 Å². The molecule has 0 spiro atoms. The zero-order chi connectivity index (χ0) is 48.5. The highest BCUT2D eigenvalue weighted by molar-refractivity contribution is 6.18. The third kappa shape index (κ3) is 5.86. The summed E-state index contributed by atoms with van der Waals surface area (Å²) in [6, 6.07) is 82.3. The second-order valence-corrected chi connectivity index (χ2v) is 19.4. The van der Waals surface area contributed by atoms with Gasteiger partial charge in [0.2, 0.25) is 0 Å². The highest BCUT2D eigenvalue weighted by Gasteiger charge is 2.36.